The standard InChI is InChI=1S/C10H9ClN4O/c1-6-12-9(7(5-16)10(11)13-6)8-3-4-15(2)14-8/h3-5H,1-2H3. The zero-order valence-electron chi connectivity index (χ0n) is 8.81. The third-order valence-corrected chi connectivity index (χ3v) is 2.37. The van der Waals surface area contributed by atoms with Gasteiger partial charge in [-0.1, -0.05) is 11.6 Å². The molecule has 82 valence electrons. The summed E-state index contributed by atoms with van der Waals surface area (Å²) in [4.78, 5) is 19.1. The molecule has 0 radical (unpaired) electrons. The number of nitrogens with zero attached hydrogens (tertiary/aromatic N) is 4. The summed E-state index contributed by atoms with van der Waals surface area (Å²) in [5, 5.41) is 4.34. The molecule has 0 saturated carbocycles. The Bertz CT molecular complexity index is 550. The van der Waals surface area contributed by atoms with Gasteiger partial charge in [0.25, 0.3) is 0 Å². The number of aryl methyl sites for hydroxylation is 2. The van der Waals surface area contributed by atoms with Crippen LogP contribution >= 0.6 is 11.6 Å². The summed E-state index contributed by atoms with van der Waals surface area (Å²) in [6, 6.07) is 1.77. The molecule has 0 fully saturated rings. The second-order valence-electron chi connectivity index (χ2n) is 3.32. The lowest BCUT2D eigenvalue weighted by Crippen LogP contribution is -2.00. The van der Waals surface area contributed by atoms with Crippen LogP contribution in [0.3, 0.4) is 0 Å². The van der Waals surface area contributed by atoms with E-state index >= 15 is 0 Å². The summed E-state index contributed by atoms with van der Waals surface area (Å²) >= 11 is 5.87. The summed E-state index contributed by atoms with van der Waals surface area (Å²) in [7, 11) is 1.79. The maximum absolute atomic E-state index is 10.9. The van der Waals surface area contributed by atoms with Crippen molar-refractivity contribution in [1.82, 2.24) is 19.7 Å². The van der Waals surface area contributed by atoms with Gasteiger partial charge in [0.2, 0.25) is 0 Å². The van der Waals surface area contributed by atoms with E-state index < -0.39 is 0 Å². The van der Waals surface area contributed by atoms with Gasteiger partial charge in [-0.2, -0.15) is 5.10 Å². The van der Waals surface area contributed by atoms with Crippen LogP contribution in [0.25, 0.3) is 11.4 Å². The van der Waals surface area contributed by atoms with Crippen LogP contribution in [-0.2, 0) is 7.05 Å². The molecule has 16 heavy (non-hydrogen) atoms. The summed E-state index contributed by atoms with van der Waals surface area (Å²) in [5.74, 6) is 0.510. The fourth-order valence-corrected chi connectivity index (χ4v) is 1.64. The first kappa shape index (κ1) is 10.8. The predicted molar refractivity (Wildman–Crippen MR) is 59.4 cm³/mol. The van der Waals surface area contributed by atoms with Crippen molar-refractivity contribution in [3.63, 3.8) is 0 Å². The van der Waals surface area contributed by atoms with Gasteiger partial charge in [0, 0.05) is 13.2 Å². The molecular formula is C10H9ClN4O. The third kappa shape index (κ3) is 1.81. The lowest BCUT2D eigenvalue weighted by Gasteiger charge is -2.03. The Kier molecular flexibility index (Phi) is 2.70. The Morgan fingerprint density at radius 1 is 1.44 bits per heavy atom. The van der Waals surface area contributed by atoms with E-state index in [1.807, 2.05) is 0 Å². The van der Waals surface area contributed by atoms with Crippen molar-refractivity contribution >= 4 is 17.9 Å². The Labute approximate surface area is 97.1 Å². The Hall–Kier alpha value is -1.75. The van der Waals surface area contributed by atoms with Gasteiger partial charge in [-0.15, -0.1) is 0 Å². The van der Waals surface area contributed by atoms with Gasteiger partial charge in [-0.25, -0.2) is 9.97 Å². The number of carbonyl (C=O) groups excluding carboxylic acids is 1. The summed E-state index contributed by atoms with van der Waals surface area (Å²) < 4.78 is 1.63. The van der Waals surface area contributed by atoms with E-state index in [4.69, 9.17) is 11.6 Å². The quantitative estimate of drug-likeness (QED) is 0.588. The maximum atomic E-state index is 10.9. The Morgan fingerprint density at radius 3 is 2.75 bits per heavy atom. The van der Waals surface area contributed by atoms with Crippen LogP contribution in [-0.4, -0.2) is 26.0 Å². The van der Waals surface area contributed by atoms with E-state index in [2.05, 4.69) is 15.1 Å². The van der Waals surface area contributed by atoms with Crippen LogP contribution in [0.1, 0.15) is 16.2 Å². The van der Waals surface area contributed by atoms with Gasteiger partial charge in [-0.3, -0.25) is 9.48 Å². The maximum Gasteiger partial charge on any atom is 0.155 e. The highest BCUT2D eigenvalue weighted by Gasteiger charge is 2.14. The second kappa shape index (κ2) is 4.02. The number of rotatable bonds is 2. The van der Waals surface area contributed by atoms with Gasteiger partial charge in [0.15, 0.2) is 6.29 Å². The first-order valence-electron chi connectivity index (χ1n) is 4.61. The average molecular weight is 237 g/mol. The number of hydrogen-bond acceptors (Lipinski definition) is 4. The molecule has 0 atom stereocenters. The second-order valence-corrected chi connectivity index (χ2v) is 3.67. The summed E-state index contributed by atoms with van der Waals surface area (Å²) in [6.45, 7) is 1.72. The molecule has 0 amide bonds. The lowest BCUT2D eigenvalue weighted by atomic mass is 10.2. The van der Waals surface area contributed by atoms with E-state index in [1.54, 1.807) is 30.9 Å². The molecule has 0 saturated heterocycles. The van der Waals surface area contributed by atoms with Crippen LogP contribution in [0.2, 0.25) is 5.15 Å². The van der Waals surface area contributed by atoms with Gasteiger partial charge >= 0.3 is 0 Å². The number of halogens is 1. The largest absolute Gasteiger partial charge is 0.298 e. The van der Waals surface area contributed by atoms with Gasteiger partial charge in [0.1, 0.15) is 22.4 Å². The first-order chi connectivity index (χ1) is 7.61. The minimum absolute atomic E-state index is 0.156. The normalized spacial score (nSPS) is 10.4. The Morgan fingerprint density at radius 2 is 2.19 bits per heavy atom. The molecule has 6 heteroatoms. The molecule has 0 aromatic carbocycles. The molecular weight excluding hydrogens is 228 g/mol. The molecule has 0 aliphatic heterocycles. The highest BCUT2D eigenvalue weighted by atomic mass is 35.5. The fraction of sp³-hybridized carbons (Fsp3) is 0.200. The molecule has 0 aliphatic rings. The molecule has 2 aromatic rings. The lowest BCUT2D eigenvalue weighted by molar-refractivity contribution is 0.112. The predicted octanol–water partition coefficient (Wildman–Crippen LogP) is 1.65. The van der Waals surface area contributed by atoms with Crippen molar-refractivity contribution < 1.29 is 4.79 Å². The van der Waals surface area contributed by atoms with Crippen molar-refractivity contribution in [3.05, 3.63) is 28.8 Å². The molecule has 2 aromatic heterocycles. The zero-order valence-corrected chi connectivity index (χ0v) is 9.56. The summed E-state index contributed by atoms with van der Waals surface area (Å²) in [6.07, 6.45) is 2.42. The van der Waals surface area contributed by atoms with Crippen molar-refractivity contribution in [2.45, 2.75) is 6.92 Å². The van der Waals surface area contributed by atoms with E-state index in [9.17, 15) is 4.79 Å². The molecule has 0 bridgehead atoms. The van der Waals surface area contributed by atoms with Gasteiger partial charge in [0.05, 0.1) is 5.56 Å². The molecule has 0 N–H and O–H groups in total. The molecule has 0 aliphatic carbocycles. The van der Waals surface area contributed by atoms with E-state index in [0.717, 1.165) is 0 Å². The number of aldehydes is 1. The van der Waals surface area contributed by atoms with Crippen molar-refractivity contribution in [3.8, 4) is 11.4 Å². The minimum atomic E-state index is 0.156. The zero-order chi connectivity index (χ0) is 11.7. The van der Waals surface area contributed by atoms with Crippen LogP contribution in [0.15, 0.2) is 12.3 Å². The van der Waals surface area contributed by atoms with Gasteiger partial charge < -0.3 is 0 Å². The Balaban J connectivity index is 2.67. The number of carbonyl (C=O) groups is 1. The third-order valence-electron chi connectivity index (χ3n) is 2.09. The summed E-state index contributed by atoms with van der Waals surface area (Å²) in [5.41, 5.74) is 1.34. The van der Waals surface area contributed by atoms with Crippen LogP contribution in [0, 0.1) is 6.92 Å². The van der Waals surface area contributed by atoms with E-state index in [0.29, 0.717) is 23.5 Å². The average Bonchev–Trinajstić information content (AvgIpc) is 2.63. The molecule has 0 spiro atoms. The molecule has 0 unspecified atom stereocenters. The van der Waals surface area contributed by atoms with Crippen LogP contribution in [0.4, 0.5) is 0 Å². The molecule has 2 rings (SSSR count). The van der Waals surface area contributed by atoms with Crippen molar-refractivity contribution in [1.29, 1.82) is 0 Å². The SMILES string of the molecule is Cc1nc(Cl)c(C=O)c(-c2ccn(C)n2)n1. The highest BCUT2D eigenvalue weighted by Crippen LogP contribution is 2.23. The van der Waals surface area contributed by atoms with E-state index in [-0.39, 0.29) is 10.7 Å². The topological polar surface area (TPSA) is 60.7 Å². The number of aromatic nitrogens is 4. The minimum Gasteiger partial charge on any atom is -0.298 e. The van der Waals surface area contributed by atoms with Crippen molar-refractivity contribution in [2.24, 2.45) is 7.05 Å². The molecule has 2 heterocycles. The highest BCUT2D eigenvalue weighted by molar-refractivity contribution is 6.32. The number of hydrogen-bond donors (Lipinski definition) is 0. The van der Waals surface area contributed by atoms with E-state index in [1.165, 1.54) is 0 Å². The monoisotopic (exact) mass is 236 g/mol. The van der Waals surface area contributed by atoms with Crippen LogP contribution in [0.5, 0.6) is 0 Å². The fourth-order valence-electron chi connectivity index (χ4n) is 1.39. The van der Waals surface area contributed by atoms with Crippen LogP contribution < -0.4 is 0 Å². The smallest absolute Gasteiger partial charge is 0.155 e. The first-order valence-corrected chi connectivity index (χ1v) is 4.99. The molecule has 5 nitrogen and oxygen atoms in total. The van der Waals surface area contributed by atoms with Crippen molar-refractivity contribution in [2.75, 3.05) is 0 Å². The van der Waals surface area contributed by atoms with Gasteiger partial charge in [-0.05, 0) is 13.0 Å².